The highest BCUT2D eigenvalue weighted by Gasteiger charge is 2.27. The fourth-order valence-electron chi connectivity index (χ4n) is 2.91. The van der Waals surface area contributed by atoms with Crippen molar-refractivity contribution in [2.45, 2.75) is 56.4 Å². The van der Waals surface area contributed by atoms with Gasteiger partial charge in [-0.15, -0.1) is 0 Å². The van der Waals surface area contributed by atoms with E-state index in [0.717, 1.165) is 12.3 Å². The van der Waals surface area contributed by atoms with Gasteiger partial charge < -0.3 is 4.74 Å². The third kappa shape index (κ3) is 3.82. The minimum Gasteiger partial charge on any atom is -0.379 e. The highest BCUT2D eigenvalue weighted by atomic mass is 79.9. The molecule has 0 saturated heterocycles. The Morgan fingerprint density at radius 1 is 1.32 bits per heavy atom. The molecule has 0 bridgehead atoms. The van der Waals surface area contributed by atoms with Gasteiger partial charge in [0.15, 0.2) is 0 Å². The van der Waals surface area contributed by atoms with Crippen LogP contribution in [0.25, 0.3) is 0 Å². The summed E-state index contributed by atoms with van der Waals surface area (Å²) in [5.74, 6) is 0.720. The van der Waals surface area contributed by atoms with Crippen molar-refractivity contribution in [2.24, 2.45) is 5.92 Å². The van der Waals surface area contributed by atoms with Crippen LogP contribution in [0.4, 0.5) is 0 Å². The molecule has 0 spiro atoms. The third-order valence-corrected chi connectivity index (χ3v) is 5.70. The maximum absolute atomic E-state index is 5.55. The second kappa shape index (κ2) is 6.41. The minimum atomic E-state index is -0.00145. The average molecular weight is 325 g/mol. The van der Waals surface area contributed by atoms with Gasteiger partial charge in [-0.25, -0.2) is 0 Å². The van der Waals surface area contributed by atoms with Crippen LogP contribution in [0, 0.1) is 5.92 Å². The van der Waals surface area contributed by atoms with Crippen LogP contribution < -0.4 is 0 Å². The number of rotatable bonds is 4. The van der Waals surface area contributed by atoms with Crippen LogP contribution in [-0.2, 0) is 11.2 Å². The Hall–Kier alpha value is -0.340. The standard InChI is InChI=1S/C17H25BrO/c1-17(2,19-3)12-11-14-9-6-8-13-7-4-5-10-15(13)16(14)18/h4-5,7,10,14,16H,6,8-9,11-12H2,1-3H3. The summed E-state index contributed by atoms with van der Waals surface area (Å²) in [4.78, 5) is 0.499. The van der Waals surface area contributed by atoms with Crippen molar-refractivity contribution in [1.82, 2.24) is 0 Å². The van der Waals surface area contributed by atoms with Gasteiger partial charge in [-0.05, 0) is 63.0 Å². The van der Waals surface area contributed by atoms with Crippen LogP contribution in [0.3, 0.4) is 0 Å². The highest BCUT2D eigenvalue weighted by Crippen LogP contribution is 2.42. The van der Waals surface area contributed by atoms with Crippen molar-refractivity contribution in [3.63, 3.8) is 0 Å². The van der Waals surface area contributed by atoms with Crippen molar-refractivity contribution in [3.8, 4) is 0 Å². The number of halogens is 1. The second-order valence-electron chi connectivity index (χ2n) is 6.26. The largest absolute Gasteiger partial charge is 0.379 e. The van der Waals surface area contributed by atoms with Gasteiger partial charge in [0.05, 0.1) is 5.60 Å². The van der Waals surface area contributed by atoms with Crippen molar-refractivity contribution >= 4 is 15.9 Å². The fraction of sp³-hybridized carbons (Fsp3) is 0.647. The molecule has 1 aliphatic carbocycles. The van der Waals surface area contributed by atoms with Gasteiger partial charge in [0.2, 0.25) is 0 Å². The van der Waals surface area contributed by atoms with Crippen molar-refractivity contribution in [3.05, 3.63) is 35.4 Å². The molecule has 106 valence electrons. The van der Waals surface area contributed by atoms with Crippen LogP contribution in [0.2, 0.25) is 0 Å². The molecule has 0 heterocycles. The first-order valence-electron chi connectivity index (χ1n) is 7.30. The molecular formula is C17H25BrO. The summed E-state index contributed by atoms with van der Waals surface area (Å²) in [6.07, 6.45) is 6.19. The van der Waals surface area contributed by atoms with Gasteiger partial charge in [0.1, 0.15) is 0 Å². The van der Waals surface area contributed by atoms with Gasteiger partial charge in [-0.3, -0.25) is 0 Å². The second-order valence-corrected chi connectivity index (χ2v) is 7.24. The van der Waals surface area contributed by atoms with Gasteiger partial charge in [0.25, 0.3) is 0 Å². The van der Waals surface area contributed by atoms with Crippen LogP contribution in [0.5, 0.6) is 0 Å². The lowest BCUT2D eigenvalue weighted by molar-refractivity contribution is 0.0100. The Morgan fingerprint density at radius 3 is 2.79 bits per heavy atom. The smallest absolute Gasteiger partial charge is 0.0622 e. The molecule has 1 aliphatic rings. The summed E-state index contributed by atoms with van der Waals surface area (Å²) in [6, 6.07) is 8.89. The molecule has 0 N–H and O–H groups in total. The summed E-state index contributed by atoms with van der Waals surface area (Å²) < 4.78 is 5.55. The monoisotopic (exact) mass is 324 g/mol. The number of hydrogen-bond donors (Lipinski definition) is 0. The number of hydrogen-bond acceptors (Lipinski definition) is 1. The molecule has 0 aromatic heterocycles. The van der Waals surface area contributed by atoms with E-state index in [0.29, 0.717) is 4.83 Å². The van der Waals surface area contributed by atoms with E-state index < -0.39 is 0 Å². The summed E-state index contributed by atoms with van der Waals surface area (Å²) in [5, 5.41) is 0. The van der Waals surface area contributed by atoms with E-state index in [4.69, 9.17) is 4.74 Å². The summed E-state index contributed by atoms with van der Waals surface area (Å²) in [6.45, 7) is 4.36. The molecule has 0 aliphatic heterocycles. The Morgan fingerprint density at radius 2 is 2.05 bits per heavy atom. The SMILES string of the molecule is COC(C)(C)CCC1CCCc2ccccc2C1Br. The molecule has 0 fully saturated rings. The van der Waals surface area contributed by atoms with Gasteiger partial charge >= 0.3 is 0 Å². The minimum absolute atomic E-state index is 0.00145. The zero-order valence-electron chi connectivity index (χ0n) is 12.3. The van der Waals surface area contributed by atoms with Crippen LogP contribution in [0.15, 0.2) is 24.3 Å². The maximum atomic E-state index is 5.55. The fourth-order valence-corrected chi connectivity index (χ4v) is 3.89. The topological polar surface area (TPSA) is 9.23 Å². The zero-order valence-corrected chi connectivity index (χ0v) is 13.9. The number of aryl methyl sites for hydroxylation is 1. The molecular weight excluding hydrogens is 300 g/mol. The van der Waals surface area contributed by atoms with Gasteiger partial charge in [0, 0.05) is 11.9 Å². The lowest BCUT2D eigenvalue weighted by Crippen LogP contribution is -2.24. The lowest BCUT2D eigenvalue weighted by atomic mass is 9.88. The Labute approximate surface area is 125 Å². The first-order valence-corrected chi connectivity index (χ1v) is 8.22. The van der Waals surface area contributed by atoms with Crippen molar-refractivity contribution in [1.29, 1.82) is 0 Å². The molecule has 1 aromatic rings. The number of alkyl halides is 1. The molecule has 2 unspecified atom stereocenters. The summed E-state index contributed by atoms with van der Waals surface area (Å²) in [7, 11) is 1.81. The van der Waals surface area contributed by atoms with Crippen LogP contribution in [0.1, 0.15) is 55.5 Å². The molecule has 0 radical (unpaired) electrons. The van der Waals surface area contributed by atoms with E-state index in [-0.39, 0.29) is 5.60 Å². The van der Waals surface area contributed by atoms with E-state index >= 15 is 0 Å². The Kier molecular flexibility index (Phi) is 5.08. The van der Waals surface area contributed by atoms with Crippen molar-refractivity contribution < 1.29 is 4.74 Å². The Balaban J connectivity index is 2.07. The number of methoxy groups -OCH3 is 1. The summed E-state index contributed by atoms with van der Waals surface area (Å²) in [5.41, 5.74) is 3.02. The first-order chi connectivity index (χ1) is 9.03. The third-order valence-electron chi connectivity index (χ3n) is 4.46. The summed E-state index contributed by atoms with van der Waals surface area (Å²) >= 11 is 3.95. The van der Waals surface area contributed by atoms with E-state index in [1.807, 2.05) is 7.11 Å². The molecule has 2 rings (SSSR count). The van der Waals surface area contributed by atoms with Crippen LogP contribution >= 0.6 is 15.9 Å². The normalized spacial score (nSPS) is 23.8. The van der Waals surface area contributed by atoms with E-state index in [1.54, 1.807) is 0 Å². The predicted octanol–water partition coefficient (Wildman–Crippen LogP) is 5.28. The lowest BCUT2D eigenvalue weighted by Gasteiger charge is -2.27. The number of ether oxygens (including phenoxy) is 1. The predicted molar refractivity (Wildman–Crippen MR) is 84.9 cm³/mol. The molecule has 2 heteroatoms. The molecule has 2 atom stereocenters. The quantitative estimate of drug-likeness (QED) is 0.540. The number of benzene rings is 1. The molecule has 1 aromatic carbocycles. The van der Waals surface area contributed by atoms with E-state index in [2.05, 4.69) is 54.0 Å². The molecule has 0 amide bonds. The maximum Gasteiger partial charge on any atom is 0.0622 e. The van der Waals surface area contributed by atoms with Crippen LogP contribution in [-0.4, -0.2) is 12.7 Å². The van der Waals surface area contributed by atoms with E-state index in [9.17, 15) is 0 Å². The number of fused-ring (bicyclic) bond motifs is 1. The molecule has 19 heavy (non-hydrogen) atoms. The molecule has 0 saturated carbocycles. The first kappa shape index (κ1) is 15.1. The zero-order chi connectivity index (χ0) is 13.9. The van der Waals surface area contributed by atoms with Gasteiger partial charge in [-0.1, -0.05) is 40.2 Å². The molecule has 1 nitrogen and oxygen atoms in total. The van der Waals surface area contributed by atoms with Crippen molar-refractivity contribution in [2.75, 3.05) is 7.11 Å². The van der Waals surface area contributed by atoms with Gasteiger partial charge in [-0.2, -0.15) is 0 Å². The van der Waals surface area contributed by atoms with E-state index in [1.165, 1.54) is 36.8 Å². The average Bonchev–Trinajstić information content (AvgIpc) is 2.57. The highest BCUT2D eigenvalue weighted by molar-refractivity contribution is 9.09. The Bertz CT molecular complexity index is 413.